The fourth-order valence-electron chi connectivity index (χ4n) is 5.07. The van der Waals surface area contributed by atoms with Crippen LogP contribution in [0.25, 0.3) is 0 Å². The lowest BCUT2D eigenvalue weighted by Crippen LogP contribution is -2.17. The van der Waals surface area contributed by atoms with Gasteiger partial charge in [-0.25, -0.2) is 0 Å². The van der Waals surface area contributed by atoms with Gasteiger partial charge >= 0.3 is 5.97 Å². The molecule has 0 aromatic rings. The Kier molecular flexibility index (Phi) is 28.1. The second-order valence-corrected chi connectivity index (χ2v) is 11.4. The number of hydrogen-bond donors (Lipinski definition) is 0. The highest BCUT2D eigenvalue weighted by atomic mass is 16.5. The summed E-state index contributed by atoms with van der Waals surface area (Å²) in [6, 6.07) is 0. The van der Waals surface area contributed by atoms with Gasteiger partial charge in [-0.05, 0) is 65.1 Å². The van der Waals surface area contributed by atoms with Crippen LogP contribution in [0.3, 0.4) is 0 Å². The molecule has 0 aliphatic rings. The molecule has 36 heavy (non-hydrogen) atoms. The Morgan fingerprint density at radius 3 is 1.56 bits per heavy atom. The molecule has 0 amide bonds. The lowest BCUT2D eigenvalue weighted by atomic mass is 9.91. The van der Waals surface area contributed by atoms with Gasteiger partial charge in [-0.15, -0.1) is 0 Å². The molecule has 0 fully saturated rings. The van der Waals surface area contributed by atoms with Crippen molar-refractivity contribution < 1.29 is 9.53 Å². The summed E-state index contributed by atoms with van der Waals surface area (Å²) in [6.07, 6.45) is 36.6. The van der Waals surface area contributed by atoms with Crippen molar-refractivity contribution in [2.24, 2.45) is 5.92 Å². The fourth-order valence-corrected chi connectivity index (χ4v) is 5.07. The van der Waals surface area contributed by atoms with Crippen LogP contribution in [0.4, 0.5) is 0 Å². The quantitative estimate of drug-likeness (QED) is 0.0599. The number of rotatable bonds is 28. The van der Waals surface area contributed by atoms with Gasteiger partial charge in [0.05, 0.1) is 7.11 Å². The van der Waals surface area contributed by atoms with Gasteiger partial charge in [0.15, 0.2) is 0 Å². The van der Waals surface area contributed by atoms with Crippen molar-refractivity contribution >= 4 is 5.97 Å². The zero-order valence-corrected chi connectivity index (χ0v) is 25.2. The highest BCUT2D eigenvalue weighted by Crippen LogP contribution is 2.22. The second kappa shape index (κ2) is 28.7. The Hall–Kier alpha value is -0.830. The molecule has 1 unspecified atom stereocenters. The first-order valence-electron chi connectivity index (χ1n) is 16.0. The third-order valence-corrected chi connectivity index (χ3v) is 7.58. The van der Waals surface area contributed by atoms with Gasteiger partial charge in [-0.1, -0.05) is 128 Å². The molecule has 0 aromatic heterocycles. The number of nitrogens with zero attached hydrogens (tertiary/aromatic N) is 1. The minimum Gasteiger partial charge on any atom is -0.469 e. The summed E-state index contributed by atoms with van der Waals surface area (Å²) >= 11 is 0. The SMILES string of the molecule is CCCCCCCCCC(CCCCCCCCCCC=CCCCCCC(=O)OC)CCN(C)C. The molecule has 0 spiro atoms. The molecule has 3 nitrogen and oxygen atoms in total. The molecular weight excluding hydrogens is 442 g/mol. The summed E-state index contributed by atoms with van der Waals surface area (Å²) < 4.78 is 4.67. The first kappa shape index (κ1) is 35.2. The summed E-state index contributed by atoms with van der Waals surface area (Å²) in [4.78, 5) is 13.4. The number of esters is 1. The summed E-state index contributed by atoms with van der Waals surface area (Å²) in [6.45, 7) is 3.56. The second-order valence-electron chi connectivity index (χ2n) is 11.4. The molecule has 0 rings (SSSR count). The van der Waals surface area contributed by atoms with E-state index in [0.717, 1.165) is 25.2 Å². The monoisotopic (exact) mass is 508 g/mol. The van der Waals surface area contributed by atoms with Gasteiger partial charge in [-0.3, -0.25) is 4.79 Å². The van der Waals surface area contributed by atoms with Crippen LogP contribution in [0, 0.1) is 5.92 Å². The Labute approximate surface area is 227 Å². The maximum atomic E-state index is 11.1. The zero-order valence-electron chi connectivity index (χ0n) is 25.2. The number of hydrogen-bond acceptors (Lipinski definition) is 3. The smallest absolute Gasteiger partial charge is 0.305 e. The highest BCUT2D eigenvalue weighted by Gasteiger charge is 2.09. The number of allylic oxidation sites excluding steroid dienone is 2. The minimum atomic E-state index is -0.0797. The number of unbranched alkanes of at least 4 members (excludes halogenated alkanes) is 17. The Morgan fingerprint density at radius 1 is 0.639 bits per heavy atom. The maximum absolute atomic E-state index is 11.1. The molecule has 3 heteroatoms. The molecule has 0 N–H and O–H groups in total. The lowest BCUT2D eigenvalue weighted by molar-refractivity contribution is -0.140. The van der Waals surface area contributed by atoms with Crippen LogP contribution in [0.1, 0.15) is 161 Å². The van der Waals surface area contributed by atoms with Crippen molar-refractivity contribution in [1.29, 1.82) is 0 Å². The third-order valence-electron chi connectivity index (χ3n) is 7.58. The molecule has 0 aromatic carbocycles. The van der Waals surface area contributed by atoms with Gasteiger partial charge < -0.3 is 9.64 Å². The lowest BCUT2D eigenvalue weighted by Gasteiger charge is -2.19. The van der Waals surface area contributed by atoms with Gasteiger partial charge in [0.2, 0.25) is 0 Å². The van der Waals surface area contributed by atoms with Gasteiger partial charge in [-0.2, -0.15) is 0 Å². The largest absolute Gasteiger partial charge is 0.469 e. The average molecular weight is 508 g/mol. The maximum Gasteiger partial charge on any atom is 0.305 e. The van der Waals surface area contributed by atoms with Crippen LogP contribution in [-0.2, 0) is 9.53 Å². The van der Waals surface area contributed by atoms with E-state index in [4.69, 9.17) is 0 Å². The van der Waals surface area contributed by atoms with Crippen molar-refractivity contribution in [3.63, 3.8) is 0 Å². The van der Waals surface area contributed by atoms with Gasteiger partial charge in [0.25, 0.3) is 0 Å². The van der Waals surface area contributed by atoms with Crippen LogP contribution in [0.15, 0.2) is 12.2 Å². The van der Waals surface area contributed by atoms with Crippen LogP contribution in [0.2, 0.25) is 0 Å². The molecule has 0 heterocycles. The summed E-state index contributed by atoms with van der Waals surface area (Å²) in [5.41, 5.74) is 0. The molecule has 0 radical (unpaired) electrons. The van der Waals surface area contributed by atoms with E-state index in [1.165, 1.54) is 142 Å². The van der Waals surface area contributed by atoms with E-state index in [9.17, 15) is 4.79 Å². The standard InChI is InChI=1S/C33H65NO2/c1-5-6-7-8-18-21-24-27-32(30-31-34(2)3)28-25-22-19-16-14-12-10-9-11-13-15-17-20-23-26-29-33(35)36-4/h13,15,32H,5-12,14,16-31H2,1-4H3. The Bertz CT molecular complexity index is 474. The van der Waals surface area contributed by atoms with E-state index >= 15 is 0 Å². The van der Waals surface area contributed by atoms with Gasteiger partial charge in [0, 0.05) is 6.42 Å². The van der Waals surface area contributed by atoms with Crippen LogP contribution < -0.4 is 0 Å². The van der Waals surface area contributed by atoms with Crippen LogP contribution in [-0.4, -0.2) is 38.6 Å². The Morgan fingerprint density at radius 2 is 1.08 bits per heavy atom. The number of methoxy groups -OCH3 is 1. The van der Waals surface area contributed by atoms with E-state index in [1.54, 1.807) is 0 Å². The summed E-state index contributed by atoms with van der Waals surface area (Å²) in [5, 5.41) is 0. The van der Waals surface area contributed by atoms with Crippen LogP contribution >= 0.6 is 0 Å². The van der Waals surface area contributed by atoms with Crippen molar-refractivity contribution in [3.05, 3.63) is 12.2 Å². The van der Waals surface area contributed by atoms with Crippen molar-refractivity contribution in [3.8, 4) is 0 Å². The average Bonchev–Trinajstić information content (AvgIpc) is 2.87. The first-order valence-corrected chi connectivity index (χ1v) is 16.0. The molecule has 0 bridgehead atoms. The molecule has 214 valence electrons. The summed E-state index contributed by atoms with van der Waals surface area (Å²) in [5.74, 6) is 0.875. The molecule has 0 saturated heterocycles. The molecule has 0 aliphatic carbocycles. The van der Waals surface area contributed by atoms with Crippen molar-refractivity contribution in [2.45, 2.75) is 161 Å². The van der Waals surface area contributed by atoms with E-state index in [2.05, 4.69) is 42.8 Å². The van der Waals surface area contributed by atoms with Crippen molar-refractivity contribution in [1.82, 2.24) is 4.90 Å². The fraction of sp³-hybridized carbons (Fsp3) is 0.909. The zero-order chi connectivity index (χ0) is 26.5. The topological polar surface area (TPSA) is 29.5 Å². The third kappa shape index (κ3) is 27.8. The highest BCUT2D eigenvalue weighted by molar-refractivity contribution is 5.68. The van der Waals surface area contributed by atoms with E-state index in [0.29, 0.717) is 6.42 Å². The molecule has 0 saturated carbocycles. The Balaban J connectivity index is 3.56. The molecule has 0 aliphatic heterocycles. The number of carbonyl (C=O) groups excluding carboxylic acids is 1. The van der Waals surface area contributed by atoms with E-state index < -0.39 is 0 Å². The van der Waals surface area contributed by atoms with Crippen LogP contribution in [0.5, 0.6) is 0 Å². The van der Waals surface area contributed by atoms with E-state index in [-0.39, 0.29) is 5.97 Å². The molecule has 1 atom stereocenters. The minimum absolute atomic E-state index is 0.0797. The summed E-state index contributed by atoms with van der Waals surface area (Å²) in [7, 11) is 5.91. The molecular formula is C33H65NO2. The predicted molar refractivity (Wildman–Crippen MR) is 160 cm³/mol. The van der Waals surface area contributed by atoms with Gasteiger partial charge in [0.1, 0.15) is 0 Å². The van der Waals surface area contributed by atoms with Crippen molar-refractivity contribution in [2.75, 3.05) is 27.7 Å². The normalized spacial score (nSPS) is 12.6. The first-order chi connectivity index (χ1) is 17.6. The predicted octanol–water partition coefficient (Wildman–Crippen LogP) is 10.3. The number of carbonyl (C=O) groups is 1. The number of ether oxygens (including phenoxy) is 1. The van der Waals surface area contributed by atoms with E-state index in [1.807, 2.05) is 0 Å².